The van der Waals surface area contributed by atoms with Crippen LogP contribution in [-0.4, -0.2) is 73.9 Å². The number of rotatable bonds is 4. The van der Waals surface area contributed by atoms with Crippen LogP contribution in [0.25, 0.3) is 16.6 Å². The number of anilines is 3. The Labute approximate surface area is 473 Å². The lowest BCUT2D eigenvalue weighted by Gasteiger charge is -2.24. The summed E-state index contributed by atoms with van der Waals surface area (Å²) >= 11 is 3.59. The Hall–Kier alpha value is -7.79. The minimum atomic E-state index is -0.833. The summed E-state index contributed by atoms with van der Waals surface area (Å²) in [6.45, 7) is 8.22. The van der Waals surface area contributed by atoms with Crippen LogP contribution in [-0.2, 0) is 38.6 Å². The molecular formula is C65H62BrF3N6O5. The van der Waals surface area contributed by atoms with Crippen molar-refractivity contribution < 1.29 is 37.3 Å². The molecule has 6 aromatic carbocycles. The van der Waals surface area contributed by atoms with Crippen molar-refractivity contribution in [3.8, 4) is 29.4 Å². The molecule has 0 unspecified atom stereocenters. The molecule has 6 aliphatic heterocycles. The van der Waals surface area contributed by atoms with Crippen molar-refractivity contribution in [3.05, 3.63) is 187 Å². The monoisotopic (exact) mass is 1140 g/mol. The van der Waals surface area contributed by atoms with Crippen LogP contribution in [0.3, 0.4) is 0 Å². The van der Waals surface area contributed by atoms with Crippen molar-refractivity contribution in [1.82, 2.24) is 4.57 Å². The molecule has 0 bridgehead atoms. The molecule has 3 fully saturated rings. The summed E-state index contributed by atoms with van der Waals surface area (Å²) in [6, 6.07) is 34.1. The zero-order valence-electron chi connectivity index (χ0n) is 44.5. The van der Waals surface area contributed by atoms with Crippen molar-refractivity contribution >= 4 is 68.5 Å². The fraction of sp³-hybridized carbons (Fsp3) is 0.292. The molecule has 0 spiro atoms. The van der Waals surface area contributed by atoms with Gasteiger partial charge in [0, 0.05) is 127 Å². The number of ether oxygens (including phenoxy) is 3. The van der Waals surface area contributed by atoms with Gasteiger partial charge in [-0.15, -0.1) is 0 Å². The maximum Gasteiger partial charge on any atom is 0.300 e. The van der Waals surface area contributed by atoms with Crippen LogP contribution in [0.15, 0.2) is 135 Å². The van der Waals surface area contributed by atoms with Gasteiger partial charge in [-0.25, -0.2) is 13.2 Å². The van der Waals surface area contributed by atoms with E-state index < -0.39 is 5.97 Å². The molecule has 4 N–H and O–H groups in total. The highest BCUT2D eigenvalue weighted by atomic mass is 79.9. The molecule has 7 heterocycles. The first kappa shape index (κ1) is 56.9. The largest absolute Gasteiger partial charge is 0.481 e. The van der Waals surface area contributed by atoms with Crippen molar-refractivity contribution in [1.29, 1.82) is 0 Å². The average molecular weight is 1140 g/mol. The van der Waals surface area contributed by atoms with Gasteiger partial charge in [0.15, 0.2) is 0 Å². The SMILES string of the molecule is Brc1cc2c(cc1C#CC1CCOCC1)CN=C2.CC(=O)O.Fc1ccc(-n2c(C3CCOCC3)cc3cc4c(cc32)C=NC4)cc1.Fc1ccc(Nc2cc3c(cc2C#CC2CCOCC2)CN=C3)cc1.Nc1ccc(F)cc1. The van der Waals surface area contributed by atoms with Gasteiger partial charge in [0.1, 0.15) is 17.5 Å². The normalized spacial score (nSPS) is 15.8. The molecule has 0 amide bonds. The lowest BCUT2D eigenvalue weighted by molar-refractivity contribution is -0.134. The van der Waals surface area contributed by atoms with Crippen molar-refractivity contribution in [2.45, 2.75) is 71.0 Å². The summed E-state index contributed by atoms with van der Waals surface area (Å²) in [5.41, 5.74) is 20.4. The Bertz CT molecular complexity index is 3480. The van der Waals surface area contributed by atoms with E-state index in [2.05, 4.69) is 107 Å². The zero-order valence-corrected chi connectivity index (χ0v) is 46.1. The number of carbonyl (C=O) groups is 1. The highest BCUT2D eigenvalue weighted by molar-refractivity contribution is 9.10. The first-order chi connectivity index (χ1) is 38.9. The van der Waals surface area contributed by atoms with E-state index in [0.29, 0.717) is 30.0 Å². The molecule has 3 saturated heterocycles. The maximum atomic E-state index is 13.4. The molecule has 0 saturated carbocycles. The summed E-state index contributed by atoms with van der Waals surface area (Å²) in [4.78, 5) is 22.0. The van der Waals surface area contributed by atoms with E-state index in [1.165, 1.54) is 92.9 Å². The number of hydrogen-bond donors (Lipinski definition) is 3. The second-order valence-corrected chi connectivity index (χ2v) is 20.8. The van der Waals surface area contributed by atoms with Crippen LogP contribution in [0.4, 0.5) is 30.2 Å². The van der Waals surface area contributed by atoms with Crippen LogP contribution < -0.4 is 11.1 Å². The first-order valence-corrected chi connectivity index (χ1v) is 27.6. The van der Waals surface area contributed by atoms with Gasteiger partial charge in [0.2, 0.25) is 0 Å². The number of carboxylic acid groups (broad SMARTS) is 1. The number of carboxylic acids is 1. The smallest absolute Gasteiger partial charge is 0.300 e. The fourth-order valence-corrected chi connectivity index (χ4v) is 10.3. The van der Waals surface area contributed by atoms with E-state index in [4.69, 9.17) is 29.8 Å². The van der Waals surface area contributed by atoms with Crippen LogP contribution in [0.5, 0.6) is 0 Å². The summed E-state index contributed by atoms with van der Waals surface area (Å²) in [5.74, 6) is 13.2. The number of benzene rings is 6. The van der Waals surface area contributed by atoms with Gasteiger partial charge < -0.3 is 34.9 Å². The molecule has 13 rings (SSSR count). The predicted molar refractivity (Wildman–Crippen MR) is 315 cm³/mol. The molecule has 80 heavy (non-hydrogen) atoms. The van der Waals surface area contributed by atoms with Crippen molar-refractivity contribution in [3.63, 3.8) is 0 Å². The number of nitrogens with two attached hydrogens (primary N) is 1. The molecule has 0 aliphatic carbocycles. The van der Waals surface area contributed by atoms with Gasteiger partial charge in [-0.3, -0.25) is 19.8 Å². The van der Waals surface area contributed by atoms with E-state index >= 15 is 0 Å². The Morgan fingerprint density at radius 3 is 1.60 bits per heavy atom. The minimum Gasteiger partial charge on any atom is -0.481 e. The molecule has 0 radical (unpaired) electrons. The van der Waals surface area contributed by atoms with Gasteiger partial charge in [-0.05, 0) is 203 Å². The number of nitrogens with zero attached hydrogens (tertiary/aromatic N) is 4. The molecule has 410 valence electrons. The molecule has 7 aromatic rings. The summed E-state index contributed by atoms with van der Waals surface area (Å²) < 4.78 is 58.2. The fourth-order valence-electron chi connectivity index (χ4n) is 9.80. The Kier molecular flexibility index (Phi) is 19.8. The van der Waals surface area contributed by atoms with Gasteiger partial charge in [-0.1, -0.05) is 23.7 Å². The quantitative estimate of drug-likeness (QED) is 0.118. The number of nitrogens with one attached hydrogen (secondary N) is 1. The van der Waals surface area contributed by atoms with E-state index in [-0.39, 0.29) is 17.5 Å². The lowest BCUT2D eigenvalue weighted by Crippen LogP contribution is -2.16. The standard InChI is InChI=1S/2C21H19FN2O.C15H14BrNO.C6H6FN.C2H4O2/c22-18-1-3-19(4-2-18)24-20(14-5-7-25-8-6-14)10-15-9-16-12-23-13-17(16)11-21(15)24;22-19-3-5-20(6-4-19)24-21-12-18-14-23-13-17(18)11-16(21)2-1-15-7-9-25-10-8-15;16-15-8-14-10-17-9-13(14)7-12(15)2-1-11-3-5-18-6-4-11;7-5-1-3-6(8)4-2-5;1-2(3)4/h1-4,9-11,13-14H,5-8,12H2;3-6,11-12,14-15,24H,7-10,13H2;7-8,10-11H,3-6,9H2;1-4H,8H2;1H3,(H,3,4). The van der Waals surface area contributed by atoms with Gasteiger partial charge in [-0.2, -0.15) is 0 Å². The highest BCUT2D eigenvalue weighted by Crippen LogP contribution is 2.36. The number of halogens is 4. The zero-order chi connectivity index (χ0) is 55.8. The predicted octanol–water partition coefficient (Wildman–Crippen LogP) is 13.5. The number of aliphatic imine (C=N–C) groups is 3. The Morgan fingerprint density at radius 1 is 0.613 bits per heavy atom. The number of aliphatic carboxylic acids is 1. The van der Waals surface area contributed by atoms with Crippen molar-refractivity contribution in [2.24, 2.45) is 26.8 Å². The van der Waals surface area contributed by atoms with Crippen LogP contribution in [0, 0.1) is 53.0 Å². The van der Waals surface area contributed by atoms with E-state index in [1.54, 1.807) is 12.1 Å². The highest BCUT2D eigenvalue weighted by Gasteiger charge is 2.24. The van der Waals surface area contributed by atoms with Gasteiger partial charge in [0.25, 0.3) is 5.97 Å². The Balaban J connectivity index is 0.000000133. The molecule has 11 nitrogen and oxygen atoms in total. The number of aromatic nitrogens is 1. The van der Waals surface area contributed by atoms with Crippen LogP contribution >= 0.6 is 15.9 Å². The molecule has 0 atom stereocenters. The third-order valence-electron chi connectivity index (χ3n) is 14.1. The van der Waals surface area contributed by atoms with Gasteiger partial charge >= 0.3 is 0 Å². The third-order valence-corrected chi connectivity index (χ3v) is 14.7. The van der Waals surface area contributed by atoms with Crippen LogP contribution in [0.1, 0.15) is 102 Å². The van der Waals surface area contributed by atoms with Crippen molar-refractivity contribution in [2.75, 3.05) is 50.7 Å². The second-order valence-electron chi connectivity index (χ2n) is 19.9. The summed E-state index contributed by atoms with van der Waals surface area (Å²) in [7, 11) is 0. The van der Waals surface area contributed by atoms with Crippen LogP contribution in [0.2, 0.25) is 0 Å². The average Bonchev–Trinajstić information content (AvgIpc) is 4.33. The lowest BCUT2D eigenvalue weighted by atomic mass is 9.96. The number of fused-ring (bicyclic) bond motifs is 4. The topological polar surface area (TPSA) is 145 Å². The molecule has 15 heteroatoms. The second kappa shape index (κ2) is 27.9. The first-order valence-electron chi connectivity index (χ1n) is 26.8. The number of nitrogen functional groups attached to an aromatic ring is 1. The minimum absolute atomic E-state index is 0.208. The van der Waals surface area contributed by atoms with E-state index in [9.17, 15) is 13.2 Å². The van der Waals surface area contributed by atoms with E-state index in [0.717, 1.165) is 136 Å². The van der Waals surface area contributed by atoms with Gasteiger partial charge in [0.05, 0.1) is 30.8 Å². The molecule has 6 aliphatic rings. The van der Waals surface area contributed by atoms with E-state index in [1.807, 2.05) is 30.8 Å². The summed E-state index contributed by atoms with van der Waals surface area (Å²) in [6.07, 6.45) is 11.9. The molecular weight excluding hydrogens is 1080 g/mol. The molecule has 1 aromatic heterocycles. The number of hydrogen-bond acceptors (Lipinski definition) is 9. The maximum absolute atomic E-state index is 13.4. The third kappa shape index (κ3) is 15.7. The summed E-state index contributed by atoms with van der Waals surface area (Å²) in [5, 5.41) is 12.0. The Morgan fingerprint density at radius 2 is 1.06 bits per heavy atom.